The summed E-state index contributed by atoms with van der Waals surface area (Å²) in [5, 5.41) is 12.6. The number of thiophene rings is 1. The number of carbonyl (C=O) groups is 2. The predicted octanol–water partition coefficient (Wildman–Crippen LogP) is 2.55. The predicted molar refractivity (Wildman–Crippen MR) is 90.4 cm³/mol. The van der Waals surface area contributed by atoms with E-state index in [9.17, 15) is 19.1 Å². The molecule has 8 heteroatoms. The van der Waals surface area contributed by atoms with Crippen LogP contribution in [0.1, 0.15) is 28.1 Å². The van der Waals surface area contributed by atoms with E-state index in [0.29, 0.717) is 15.6 Å². The van der Waals surface area contributed by atoms with Gasteiger partial charge in [-0.2, -0.15) is 0 Å². The molecule has 0 saturated carbocycles. The summed E-state index contributed by atoms with van der Waals surface area (Å²) in [6.45, 7) is 0.587. The van der Waals surface area contributed by atoms with Gasteiger partial charge in [0.2, 0.25) is 0 Å². The summed E-state index contributed by atoms with van der Waals surface area (Å²) in [6, 6.07) is 4.62. The van der Waals surface area contributed by atoms with Crippen molar-refractivity contribution >= 4 is 33.3 Å². The fraction of sp³-hybridized carbons (Fsp3) is 0.412. The highest BCUT2D eigenvalue weighted by atomic mass is 32.1. The fourth-order valence-corrected chi connectivity index (χ4v) is 4.14. The maximum absolute atomic E-state index is 14.2. The number of benzene rings is 1. The van der Waals surface area contributed by atoms with Gasteiger partial charge in [-0.05, 0) is 12.1 Å². The number of ether oxygens (including phenoxy) is 2. The van der Waals surface area contributed by atoms with Gasteiger partial charge in [0, 0.05) is 48.8 Å². The molecule has 0 bridgehead atoms. The Morgan fingerprint density at radius 1 is 1.40 bits per heavy atom. The minimum Gasteiger partial charge on any atom is -0.480 e. The number of nitrogens with one attached hydrogen (secondary N) is 1. The minimum absolute atomic E-state index is 0.0624. The van der Waals surface area contributed by atoms with E-state index in [2.05, 4.69) is 5.32 Å². The van der Waals surface area contributed by atoms with E-state index in [4.69, 9.17) is 9.47 Å². The number of carboxylic acids is 1. The lowest BCUT2D eigenvalue weighted by Crippen LogP contribution is -2.57. The summed E-state index contributed by atoms with van der Waals surface area (Å²) in [5.74, 6) is -2.06. The molecule has 3 rings (SSSR count). The summed E-state index contributed by atoms with van der Waals surface area (Å²) in [7, 11) is 1.46. The molecule has 1 aromatic carbocycles. The second-order valence-electron chi connectivity index (χ2n) is 5.91. The van der Waals surface area contributed by atoms with Gasteiger partial charge in [-0.1, -0.05) is 6.07 Å². The molecule has 0 radical (unpaired) electrons. The van der Waals surface area contributed by atoms with Crippen LogP contribution in [0.4, 0.5) is 4.39 Å². The van der Waals surface area contributed by atoms with Gasteiger partial charge < -0.3 is 19.9 Å². The van der Waals surface area contributed by atoms with Gasteiger partial charge in [-0.25, -0.2) is 9.18 Å². The number of fused-ring (bicyclic) bond motifs is 1. The van der Waals surface area contributed by atoms with Crippen LogP contribution in [0, 0.1) is 5.82 Å². The number of hydrogen-bond acceptors (Lipinski definition) is 5. The van der Waals surface area contributed by atoms with Crippen molar-refractivity contribution in [3.63, 3.8) is 0 Å². The summed E-state index contributed by atoms with van der Waals surface area (Å²) >= 11 is 1.13. The lowest BCUT2D eigenvalue weighted by Gasteiger charge is -2.33. The molecular weight excluding hydrogens is 349 g/mol. The molecule has 0 spiro atoms. The number of amides is 1. The summed E-state index contributed by atoms with van der Waals surface area (Å²) in [5.41, 5.74) is -0.931. The van der Waals surface area contributed by atoms with Crippen molar-refractivity contribution in [2.45, 2.75) is 25.0 Å². The van der Waals surface area contributed by atoms with Gasteiger partial charge >= 0.3 is 5.97 Å². The second-order valence-corrected chi connectivity index (χ2v) is 6.96. The fourth-order valence-electron chi connectivity index (χ4n) is 3.02. The van der Waals surface area contributed by atoms with Gasteiger partial charge in [0.1, 0.15) is 11.4 Å². The number of halogens is 1. The standard InChI is InChI=1S/C17H18FNO5S/c1-23-9-10-13-11(18)3-2-4-12(13)25-14(10)15(20)19-17(16(21)22)5-7-24-8-6-17/h2-4H,5-9H2,1H3,(H,19,20)(H,21,22). The molecule has 6 nitrogen and oxygen atoms in total. The Labute approximate surface area is 147 Å². The number of methoxy groups -OCH3 is 1. The SMILES string of the molecule is COCc1c(C(=O)NC2(C(=O)O)CCOCC2)sc2cccc(F)c12. The molecular formula is C17H18FNO5S. The zero-order valence-electron chi connectivity index (χ0n) is 13.6. The van der Waals surface area contributed by atoms with Crippen molar-refractivity contribution in [1.29, 1.82) is 0 Å². The number of carbonyl (C=O) groups excluding carboxylic acids is 1. The van der Waals surface area contributed by atoms with Crippen LogP contribution in [0.2, 0.25) is 0 Å². The Kier molecular flexibility index (Phi) is 5.03. The monoisotopic (exact) mass is 367 g/mol. The molecule has 2 heterocycles. The van der Waals surface area contributed by atoms with Crippen molar-refractivity contribution in [2.24, 2.45) is 0 Å². The molecule has 0 atom stereocenters. The normalized spacial score (nSPS) is 16.7. The van der Waals surface area contributed by atoms with Crippen LogP contribution >= 0.6 is 11.3 Å². The van der Waals surface area contributed by atoms with Gasteiger partial charge in [0.05, 0.1) is 11.5 Å². The average molecular weight is 367 g/mol. The first kappa shape index (κ1) is 17.8. The third-order valence-corrected chi connectivity index (χ3v) is 5.56. The summed E-state index contributed by atoms with van der Waals surface area (Å²) < 4.78 is 25.2. The number of aliphatic carboxylic acids is 1. The zero-order chi connectivity index (χ0) is 18.0. The van der Waals surface area contributed by atoms with Crippen molar-refractivity contribution in [2.75, 3.05) is 20.3 Å². The second kappa shape index (κ2) is 7.07. The van der Waals surface area contributed by atoms with Crippen LogP contribution in [0.5, 0.6) is 0 Å². The first-order chi connectivity index (χ1) is 12.0. The lowest BCUT2D eigenvalue weighted by atomic mass is 9.90. The quantitative estimate of drug-likeness (QED) is 0.848. The smallest absolute Gasteiger partial charge is 0.329 e. The molecule has 1 aliphatic heterocycles. The first-order valence-electron chi connectivity index (χ1n) is 7.81. The third kappa shape index (κ3) is 3.24. The Hall–Kier alpha value is -2.03. The van der Waals surface area contributed by atoms with E-state index in [1.807, 2.05) is 0 Å². The van der Waals surface area contributed by atoms with Gasteiger partial charge in [-0.3, -0.25) is 4.79 Å². The number of rotatable bonds is 5. The number of hydrogen-bond donors (Lipinski definition) is 2. The van der Waals surface area contributed by atoms with Crippen LogP contribution in [0.15, 0.2) is 18.2 Å². The third-order valence-electron chi connectivity index (χ3n) is 4.37. The molecule has 1 amide bonds. The lowest BCUT2D eigenvalue weighted by molar-refractivity contribution is -0.148. The topological polar surface area (TPSA) is 84.9 Å². The maximum atomic E-state index is 14.2. The van der Waals surface area contributed by atoms with E-state index in [0.717, 1.165) is 11.3 Å². The molecule has 0 aliphatic carbocycles. The number of carboxylic acid groups (broad SMARTS) is 1. The van der Waals surface area contributed by atoms with E-state index in [1.165, 1.54) is 13.2 Å². The molecule has 25 heavy (non-hydrogen) atoms. The summed E-state index contributed by atoms with van der Waals surface area (Å²) in [6.07, 6.45) is 0.375. The highest BCUT2D eigenvalue weighted by molar-refractivity contribution is 7.21. The van der Waals surface area contributed by atoms with Crippen LogP contribution in [0.3, 0.4) is 0 Å². The first-order valence-corrected chi connectivity index (χ1v) is 8.62. The van der Waals surface area contributed by atoms with E-state index < -0.39 is 23.2 Å². The average Bonchev–Trinajstić information content (AvgIpc) is 2.96. The Bertz CT molecular complexity index is 813. The molecule has 1 fully saturated rings. The Morgan fingerprint density at radius 2 is 2.12 bits per heavy atom. The summed E-state index contributed by atoms with van der Waals surface area (Å²) in [4.78, 5) is 24.8. The van der Waals surface area contributed by atoms with Gasteiger partial charge in [-0.15, -0.1) is 11.3 Å². The Balaban J connectivity index is 2.00. The van der Waals surface area contributed by atoms with Crippen molar-refractivity contribution in [1.82, 2.24) is 5.32 Å². The molecule has 1 aliphatic rings. The van der Waals surface area contributed by atoms with Crippen molar-refractivity contribution in [3.05, 3.63) is 34.5 Å². The largest absolute Gasteiger partial charge is 0.480 e. The maximum Gasteiger partial charge on any atom is 0.329 e. The van der Waals surface area contributed by atoms with Crippen LogP contribution < -0.4 is 5.32 Å². The van der Waals surface area contributed by atoms with E-state index >= 15 is 0 Å². The molecule has 2 N–H and O–H groups in total. The van der Waals surface area contributed by atoms with Crippen LogP contribution in [-0.2, 0) is 20.9 Å². The molecule has 0 unspecified atom stereocenters. The van der Waals surface area contributed by atoms with Crippen molar-refractivity contribution < 1.29 is 28.6 Å². The highest BCUT2D eigenvalue weighted by Gasteiger charge is 2.42. The van der Waals surface area contributed by atoms with E-state index in [-0.39, 0.29) is 37.5 Å². The van der Waals surface area contributed by atoms with Crippen LogP contribution in [-0.4, -0.2) is 42.8 Å². The van der Waals surface area contributed by atoms with Gasteiger partial charge in [0.15, 0.2) is 0 Å². The molecule has 134 valence electrons. The Morgan fingerprint density at radius 3 is 2.76 bits per heavy atom. The minimum atomic E-state index is -1.37. The molecule has 1 saturated heterocycles. The van der Waals surface area contributed by atoms with Crippen LogP contribution in [0.25, 0.3) is 10.1 Å². The zero-order valence-corrected chi connectivity index (χ0v) is 14.5. The molecule has 2 aromatic rings. The highest BCUT2D eigenvalue weighted by Crippen LogP contribution is 2.34. The molecule has 1 aromatic heterocycles. The van der Waals surface area contributed by atoms with E-state index in [1.54, 1.807) is 12.1 Å². The van der Waals surface area contributed by atoms with Gasteiger partial charge in [0.25, 0.3) is 5.91 Å². The van der Waals surface area contributed by atoms with Crippen molar-refractivity contribution in [3.8, 4) is 0 Å².